The van der Waals surface area contributed by atoms with Gasteiger partial charge in [0.25, 0.3) is 0 Å². The summed E-state index contributed by atoms with van der Waals surface area (Å²) in [6.45, 7) is 7.09. The fraction of sp³-hybridized carbons (Fsp3) is 0.545. The van der Waals surface area contributed by atoms with Crippen LogP contribution in [0.3, 0.4) is 0 Å². The minimum atomic E-state index is -0.993. The number of nitrogens with zero attached hydrogens (tertiary/aromatic N) is 2. The summed E-state index contributed by atoms with van der Waals surface area (Å²) in [4.78, 5) is 19.4. The summed E-state index contributed by atoms with van der Waals surface area (Å²) in [7, 11) is 0. The lowest BCUT2D eigenvalue weighted by molar-refractivity contribution is -0.141. The Kier molecular flexibility index (Phi) is 3.47. The molecule has 1 aromatic heterocycles. The standard InChI is InChI=1S/C11H17N3O2/c1-5-11(4,10(15)16)14-9-6-7(2)12-8(3)13-9/h6H,5H2,1-4H3,(H,15,16)(H,12,13,14). The molecule has 0 amide bonds. The number of carboxylic acids is 1. The van der Waals surface area contributed by atoms with Gasteiger partial charge in [0, 0.05) is 11.8 Å². The molecule has 5 heteroatoms. The molecule has 0 aliphatic heterocycles. The van der Waals surface area contributed by atoms with Crippen LogP contribution >= 0.6 is 0 Å². The van der Waals surface area contributed by atoms with E-state index in [1.54, 1.807) is 19.9 Å². The van der Waals surface area contributed by atoms with Crippen molar-refractivity contribution < 1.29 is 9.90 Å². The summed E-state index contributed by atoms with van der Waals surface area (Å²) in [6, 6.07) is 1.74. The first kappa shape index (κ1) is 12.4. The van der Waals surface area contributed by atoms with Crippen molar-refractivity contribution in [3.05, 3.63) is 17.6 Å². The van der Waals surface area contributed by atoms with E-state index < -0.39 is 11.5 Å². The molecule has 0 fully saturated rings. The zero-order valence-electron chi connectivity index (χ0n) is 10.0. The molecule has 16 heavy (non-hydrogen) atoms. The molecule has 0 saturated heterocycles. The molecular formula is C11H17N3O2. The molecule has 88 valence electrons. The van der Waals surface area contributed by atoms with Gasteiger partial charge in [0.2, 0.25) is 0 Å². The number of carbonyl (C=O) groups is 1. The maximum absolute atomic E-state index is 11.1. The molecule has 2 N–H and O–H groups in total. The highest BCUT2D eigenvalue weighted by Crippen LogP contribution is 2.17. The van der Waals surface area contributed by atoms with Gasteiger partial charge in [-0.1, -0.05) is 6.92 Å². The van der Waals surface area contributed by atoms with Crippen LogP contribution in [0.4, 0.5) is 5.82 Å². The SMILES string of the molecule is CCC(C)(Nc1cc(C)nc(C)n1)C(=O)O. The summed E-state index contributed by atoms with van der Waals surface area (Å²) in [6.07, 6.45) is 0.477. The third kappa shape index (κ3) is 2.68. The molecule has 1 atom stereocenters. The van der Waals surface area contributed by atoms with E-state index in [9.17, 15) is 4.79 Å². The van der Waals surface area contributed by atoms with Crippen LogP contribution in [0.15, 0.2) is 6.07 Å². The second-order valence-electron chi connectivity index (χ2n) is 4.06. The Hall–Kier alpha value is -1.65. The van der Waals surface area contributed by atoms with Gasteiger partial charge in [-0.25, -0.2) is 14.8 Å². The van der Waals surface area contributed by atoms with Crippen molar-refractivity contribution in [2.75, 3.05) is 5.32 Å². The number of rotatable bonds is 4. The molecule has 0 spiro atoms. The average Bonchev–Trinajstić information content (AvgIpc) is 2.15. The predicted octanol–water partition coefficient (Wildman–Crippen LogP) is 1.76. The fourth-order valence-electron chi connectivity index (χ4n) is 1.36. The summed E-state index contributed by atoms with van der Waals surface area (Å²) in [5.74, 6) is 0.298. The molecule has 1 unspecified atom stereocenters. The number of aryl methyl sites for hydroxylation is 2. The summed E-state index contributed by atoms with van der Waals surface area (Å²) in [5.41, 5.74) is -0.174. The minimum Gasteiger partial charge on any atom is -0.480 e. The summed E-state index contributed by atoms with van der Waals surface area (Å²) in [5, 5.41) is 12.1. The number of hydrogen-bond acceptors (Lipinski definition) is 4. The van der Waals surface area contributed by atoms with Crippen LogP contribution in [0, 0.1) is 13.8 Å². The van der Waals surface area contributed by atoms with Crippen molar-refractivity contribution in [3.63, 3.8) is 0 Å². The maximum atomic E-state index is 11.1. The van der Waals surface area contributed by atoms with Gasteiger partial charge in [-0.05, 0) is 27.2 Å². The fourth-order valence-corrected chi connectivity index (χ4v) is 1.36. The Morgan fingerprint density at radius 1 is 1.50 bits per heavy atom. The molecule has 5 nitrogen and oxygen atoms in total. The van der Waals surface area contributed by atoms with Crippen LogP contribution in [0.25, 0.3) is 0 Å². The van der Waals surface area contributed by atoms with Crippen LogP contribution in [-0.4, -0.2) is 26.6 Å². The monoisotopic (exact) mass is 223 g/mol. The molecule has 0 aliphatic carbocycles. The van der Waals surface area contributed by atoms with E-state index in [0.29, 0.717) is 18.1 Å². The molecule has 0 radical (unpaired) electrons. The van der Waals surface area contributed by atoms with Crippen molar-refractivity contribution in [3.8, 4) is 0 Å². The van der Waals surface area contributed by atoms with E-state index in [-0.39, 0.29) is 0 Å². The number of aromatic nitrogens is 2. The second-order valence-corrected chi connectivity index (χ2v) is 4.06. The molecular weight excluding hydrogens is 206 g/mol. The van der Waals surface area contributed by atoms with Crippen LogP contribution in [0.2, 0.25) is 0 Å². The van der Waals surface area contributed by atoms with Gasteiger partial charge in [0.05, 0.1) is 0 Å². The Labute approximate surface area is 94.9 Å². The summed E-state index contributed by atoms with van der Waals surface area (Å²) < 4.78 is 0. The Bertz CT molecular complexity index is 386. The Balaban J connectivity index is 2.99. The normalized spacial score (nSPS) is 14.2. The highest BCUT2D eigenvalue weighted by molar-refractivity contribution is 5.81. The van der Waals surface area contributed by atoms with Gasteiger partial charge in [-0.15, -0.1) is 0 Å². The van der Waals surface area contributed by atoms with Gasteiger partial charge in [0.15, 0.2) is 0 Å². The maximum Gasteiger partial charge on any atom is 0.329 e. The highest BCUT2D eigenvalue weighted by atomic mass is 16.4. The van der Waals surface area contributed by atoms with Crippen LogP contribution < -0.4 is 5.32 Å². The molecule has 0 aromatic carbocycles. The van der Waals surface area contributed by atoms with Gasteiger partial charge in [-0.3, -0.25) is 0 Å². The second kappa shape index (κ2) is 4.47. The largest absolute Gasteiger partial charge is 0.480 e. The van der Waals surface area contributed by atoms with Crippen molar-refractivity contribution in [1.82, 2.24) is 9.97 Å². The average molecular weight is 223 g/mol. The van der Waals surface area contributed by atoms with Gasteiger partial charge >= 0.3 is 5.97 Å². The van der Waals surface area contributed by atoms with Gasteiger partial charge in [-0.2, -0.15) is 0 Å². The molecule has 1 heterocycles. The van der Waals surface area contributed by atoms with Crippen molar-refractivity contribution >= 4 is 11.8 Å². The van der Waals surface area contributed by atoms with E-state index in [1.165, 1.54) is 0 Å². The third-order valence-electron chi connectivity index (χ3n) is 2.55. The van der Waals surface area contributed by atoms with E-state index in [2.05, 4.69) is 15.3 Å². The van der Waals surface area contributed by atoms with Crippen LogP contribution in [0.1, 0.15) is 31.8 Å². The van der Waals surface area contributed by atoms with Crippen molar-refractivity contribution in [2.24, 2.45) is 0 Å². The van der Waals surface area contributed by atoms with Gasteiger partial charge in [0.1, 0.15) is 17.2 Å². The van der Waals surface area contributed by atoms with E-state index >= 15 is 0 Å². The van der Waals surface area contributed by atoms with E-state index in [4.69, 9.17) is 5.11 Å². The lowest BCUT2D eigenvalue weighted by atomic mass is 9.99. The minimum absolute atomic E-state index is 0.477. The van der Waals surface area contributed by atoms with Crippen LogP contribution in [-0.2, 0) is 4.79 Å². The number of anilines is 1. The zero-order valence-corrected chi connectivity index (χ0v) is 10.0. The molecule has 0 saturated carbocycles. The lowest BCUT2D eigenvalue weighted by Gasteiger charge is -2.25. The highest BCUT2D eigenvalue weighted by Gasteiger charge is 2.31. The first-order chi connectivity index (χ1) is 7.37. The van der Waals surface area contributed by atoms with E-state index in [1.807, 2.05) is 13.8 Å². The van der Waals surface area contributed by atoms with Crippen molar-refractivity contribution in [1.29, 1.82) is 0 Å². The first-order valence-corrected chi connectivity index (χ1v) is 5.21. The number of hydrogen-bond donors (Lipinski definition) is 2. The first-order valence-electron chi connectivity index (χ1n) is 5.21. The number of nitrogens with one attached hydrogen (secondary N) is 1. The van der Waals surface area contributed by atoms with Crippen molar-refractivity contribution in [2.45, 2.75) is 39.7 Å². The molecule has 0 aliphatic rings. The zero-order chi connectivity index (χ0) is 12.3. The molecule has 1 rings (SSSR count). The topological polar surface area (TPSA) is 75.1 Å². The third-order valence-corrected chi connectivity index (χ3v) is 2.55. The molecule has 0 bridgehead atoms. The number of aliphatic carboxylic acids is 1. The van der Waals surface area contributed by atoms with Gasteiger partial charge < -0.3 is 10.4 Å². The van der Waals surface area contributed by atoms with Crippen LogP contribution in [0.5, 0.6) is 0 Å². The summed E-state index contributed by atoms with van der Waals surface area (Å²) >= 11 is 0. The quantitative estimate of drug-likeness (QED) is 0.813. The Morgan fingerprint density at radius 2 is 2.12 bits per heavy atom. The molecule has 1 aromatic rings. The number of carboxylic acid groups (broad SMARTS) is 1. The Morgan fingerprint density at radius 3 is 2.56 bits per heavy atom. The van der Waals surface area contributed by atoms with E-state index in [0.717, 1.165) is 5.69 Å². The lowest BCUT2D eigenvalue weighted by Crippen LogP contribution is -2.43. The smallest absolute Gasteiger partial charge is 0.329 e. The predicted molar refractivity (Wildman–Crippen MR) is 61.5 cm³/mol.